The van der Waals surface area contributed by atoms with Crippen LogP contribution in [0.3, 0.4) is 0 Å². The third-order valence-electron chi connectivity index (χ3n) is 3.73. The third-order valence-corrected chi connectivity index (χ3v) is 3.73. The van der Waals surface area contributed by atoms with E-state index in [1.54, 1.807) is 13.0 Å². The quantitative estimate of drug-likeness (QED) is 0.616. The molecule has 120 valence electrons. The summed E-state index contributed by atoms with van der Waals surface area (Å²) in [4.78, 5) is 24.9. The molecular formula is C15H21N3O4. The molecule has 2 N–H and O–H groups in total. The molecule has 1 atom stereocenters. The first-order chi connectivity index (χ1) is 10.5. The number of hydrogen-bond acceptors (Lipinski definition) is 5. The van der Waals surface area contributed by atoms with Gasteiger partial charge >= 0.3 is 0 Å². The number of anilines is 1. The lowest BCUT2D eigenvalue weighted by Crippen LogP contribution is -2.29. The van der Waals surface area contributed by atoms with Crippen LogP contribution < -0.4 is 10.2 Å². The Morgan fingerprint density at radius 3 is 2.73 bits per heavy atom. The second kappa shape index (κ2) is 7.22. The zero-order chi connectivity index (χ0) is 16.1. The highest BCUT2D eigenvalue weighted by molar-refractivity contribution is 6.00. The van der Waals surface area contributed by atoms with E-state index >= 15 is 0 Å². The van der Waals surface area contributed by atoms with Crippen molar-refractivity contribution in [2.75, 3.05) is 24.5 Å². The van der Waals surface area contributed by atoms with Crippen LogP contribution in [0.1, 0.15) is 36.5 Å². The Morgan fingerprint density at radius 2 is 2.14 bits per heavy atom. The lowest BCUT2D eigenvalue weighted by atomic mass is 10.1. The van der Waals surface area contributed by atoms with Gasteiger partial charge in [0.1, 0.15) is 0 Å². The van der Waals surface area contributed by atoms with Gasteiger partial charge in [-0.25, -0.2) is 0 Å². The van der Waals surface area contributed by atoms with E-state index in [4.69, 9.17) is 0 Å². The SMILES string of the molecule is CC(O)CCNC(=O)c1cc([N+](=O)[O-])ccc1N1CCCC1. The number of aliphatic hydroxyl groups is 1. The fourth-order valence-corrected chi connectivity index (χ4v) is 2.54. The lowest BCUT2D eigenvalue weighted by molar-refractivity contribution is -0.384. The van der Waals surface area contributed by atoms with Crippen molar-refractivity contribution in [1.29, 1.82) is 0 Å². The predicted molar refractivity (Wildman–Crippen MR) is 83.2 cm³/mol. The Bertz CT molecular complexity index is 554. The van der Waals surface area contributed by atoms with E-state index in [9.17, 15) is 20.0 Å². The number of nitro benzene ring substituents is 1. The number of carbonyl (C=O) groups is 1. The van der Waals surface area contributed by atoms with E-state index in [1.165, 1.54) is 12.1 Å². The lowest BCUT2D eigenvalue weighted by Gasteiger charge is -2.21. The Hall–Kier alpha value is -2.15. The van der Waals surface area contributed by atoms with E-state index in [0.717, 1.165) is 31.6 Å². The summed E-state index contributed by atoms with van der Waals surface area (Å²) in [7, 11) is 0. The van der Waals surface area contributed by atoms with E-state index in [-0.39, 0.29) is 11.6 Å². The molecule has 0 aliphatic carbocycles. The summed E-state index contributed by atoms with van der Waals surface area (Å²) in [5, 5.41) is 22.9. The van der Waals surface area contributed by atoms with Crippen molar-refractivity contribution in [2.24, 2.45) is 0 Å². The van der Waals surface area contributed by atoms with Crippen LogP contribution in [-0.4, -0.2) is 41.7 Å². The standard InChI is InChI=1S/C15H21N3O4/c1-11(19)6-7-16-15(20)13-10-12(18(21)22)4-5-14(13)17-8-2-3-9-17/h4-5,10-11,19H,2-3,6-9H2,1H3,(H,16,20). The van der Waals surface area contributed by atoms with Gasteiger partial charge in [-0.1, -0.05) is 0 Å². The largest absolute Gasteiger partial charge is 0.393 e. The van der Waals surface area contributed by atoms with Crippen molar-refractivity contribution in [3.05, 3.63) is 33.9 Å². The van der Waals surface area contributed by atoms with Crippen molar-refractivity contribution in [1.82, 2.24) is 5.32 Å². The summed E-state index contributed by atoms with van der Waals surface area (Å²) in [5.41, 5.74) is 0.961. The van der Waals surface area contributed by atoms with Gasteiger partial charge in [-0.05, 0) is 32.3 Å². The smallest absolute Gasteiger partial charge is 0.270 e. The fraction of sp³-hybridized carbons (Fsp3) is 0.533. The number of benzene rings is 1. The Labute approximate surface area is 129 Å². The number of nitrogens with one attached hydrogen (secondary N) is 1. The number of rotatable bonds is 6. The molecule has 1 aromatic carbocycles. The number of hydrogen-bond donors (Lipinski definition) is 2. The molecule has 1 saturated heterocycles. The highest BCUT2D eigenvalue weighted by Gasteiger charge is 2.22. The number of non-ortho nitro benzene ring substituents is 1. The molecule has 7 nitrogen and oxygen atoms in total. The van der Waals surface area contributed by atoms with Gasteiger partial charge < -0.3 is 15.3 Å². The van der Waals surface area contributed by atoms with Crippen LogP contribution in [0.15, 0.2) is 18.2 Å². The summed E-state index contributed by atoms with van der Waals surface area (Å²) in [6.07, 6.45) is 2.06. The first-order valence-corrected chi connectivity index (χ1v) is 7.48. The van der Waals surface area contributed by atoms with Gasteiger partial charge in [0, 0.05) is 31.8 Å². The zero-order valence-corrected chi connectivity index (χ0v) is 12.6. The normalized spacial score (nSPS) is 15.6. The molecule has 1 amide bonds. The van der Waals surface area contributed by atoms with Crippen molar-refractivity contribution in [2.45, 2.75) is 32.3 Å². The second-order valence-corrected chi connectivity index (χ2v) is 5.55. The molecule has 22 heavy (non-hydrogen) atoms. The first kappa shape index (κ1) is 16.2. The summed E-state index contributed by atoms with van der Waals surface area (Å²) in [5.74, 6) is -0.341. The predicted octanol–water partition coefficient (Wildman–Crippen LogP) is 1.70. The van der Waals surface area contributed by atoms with Crippen molar-refractivity contribution in [3.63, 3.8) is 0 Å². The molecule has 7 heteroatoms. The van der Waals surface area contributed by atoms with Gasteiger partial charge in [-0.15, -0.1) is 0 Å². The topological polar surface area (TPSA) is 95.7 Å². The average molecular weight is 307 g/mol. The molecule has 1 fully saturated rings. The van der Waals surface area contributed by atoms with Crippen LogP contribution >= 0.6 is 0 Å². The van der Waals surface area contributed by atoms with E-state index < -0.39 is 11.0 Å². The summed E-state index contributed by atoms with van der Waals surface area (Å²) < 4.78 is 0. The molecule has 0 saturated carbocycles. The van der Waals surface area contributed by atoms with Gasteiger partial charge in [-0.2, -0.15) is 0 Å². The van der Waals surface area contributed by atoms with Crippen molar-refractivity contribution in [3.8, 4) is 0 Å². The molecular weight excluding hydrogens is 286 g/mol. The maximum atomic E-state index is 12.3. The molecule has 0 bridgehead atoms. The molecule has 0 radical (unpaired) electrons. The molecule has 1 heterocycles. The molecule has 1 aliphatic rings. The summed E-state index contributed by atoms with van der Waals surface area (Å²) in [6, 6.07) is 4.40. The second-order valence-electron chi connectivity index (χ2n) is 5.55. The summed E-state index contributed by atoms with van der Waals surface area (Å²) >= 11 is 0. The number of nitro groups is 1. The van der Waals surface area contributed by atoms with Gasteiger partial charge in [0.15, 0.2) is 0 Å². The highest BCUT2D eigenvalue weighted by atomic mass is 16.6. The molecule has 0 aromatic heterocycles. The van der Waals surface area contributed by atoms with Gasteiger partial charge in [-0.3, -0.25) is 14.9 Å². The Morgan fingerprint density at radius 1 is 1.45 bits per heavy atom. The van der Waals surface area contributed by atoms with Crippen molar-refractivity contribution < 1.29 is 14.8 Å². The van der Waals surface area contributed by atoms with Crippen LogP contribution in [0, 0.1) is 10.1 Å². The first-order valence-electron chi connectivity index (χ1n) is 7.48. The molecule has 2 rings (SSSR count). The van der Waals surface area contributed by atoms with Crippen LogP contribution in [-0.2, 0) is 0 Å². The number of carbonyl (C=O) groups excluding carboxylic acids is 1. The van der Waals surface area contributed by atoms with E-state index in [2.05, 4.69) is 10.2 Å². The van der Waals surface area contributed by atoms with E-state index in [0.29, 0.717) is 18.5 Å². The Kier molecular flexibility index (Phi) is 5.32. The number of amides is 1. The minimum absolute atomic E-state index is 0.0939. The average Bonchev–Trinajstić information content (AvgIpc) is 3.00. The van der Waals surface area contributed by atoms with Crippen LogP contribution in [0.5, 0.6) is 0 Å². The zero-order valence-electron chi connectivity index (χ0n) is 12.6. The van der Waals surface area contributed by atoms with Crippen LogP contribution in [0.2, 0.25) is 0 Å². The molecule has 0 spiro atoms. The fourth-order valence-electron chi connectivity index (χ4n) is 2.54. The summed E-state index contributed by atoms with van der Waals surface area (Å²) in [6.45, 7) is 3.69. The van der Waals surface area contributed by atoms with Gasteiger partial charge in [0.2, 0.25) is 0 Å². The number of nitrogens with zero attached hydrogens (tertiary/aromatic N) is 2. The van der Waals surface area contributed by atoms with Crippen LogP contribution in [0.4, 0.5) is 11.4 Å². The van der Waals surface area contributed by atoms with Crippen LogP contribution in [0.25, 0.3) is 0 Å². The minimum Gasteiger partial charge on any atom is -0.393 e. The monoisotopic (exact) mass is 307 g/mol. The molecule has 1 aromatic rings. The van der Waals surface area contributed by atoms with E-state index in [1.807, 2.05) is 0 Å². The Balaban J connectivity index is 2.22. The van der Waals surface area contributed by atoms with Gasteiger partial charge in [0.05, 0.1) is 22.3 Å². The maximum absolute atomic E-state index is 12.3. The minimum atomic E-state index is -0.500. The molecule has 1 aliphatic heterocycles. The van der Waals surface area contributed by atoms with Crippen molar-refractivity contribution >= 4 is 17.3 Å². The maximum Gasteiger partial charge on any atom is 0.270 e. The third kappa shape index (κ3) is 3.94. The number of aliphatic hydroxyl groups excluding tert-OH is 1. The highest BCUT2D eigenvalue weighted by Crippen LogP contribution is 2.28. The van der Waals surface area contributed by atoms with Gasteiger partial charge in [0.25, 0.3) is 11.6 Å². The molecule has 1 unspecified atom stereocenters.